The van der Waals surface area contributed by atoms with Gasteiger partial charge in [0.25, 0.3) is 11.8 Å². The van der Waals surface area contributed by atoms with Crippen molar-refractivity contribution in [3.8, 4) is 0 Å². The van der Waals surface area contributed by atoms with Crippen LogP contribution >= 0.6 is 0 Å². The molecule has 0 radical (unpaired) electrons. The largest absolute Gasteiger partial charge is 0.352 e. The lowest BCUT2D eigenvalue weighted by molar-refractivity contribution is 0.0950. The van der Waals surface area contributed by atoms with Crippen molar-refractivity contribution in [2.45, 2.75) is 19.3 Å². The predicted octanol–water partition coefficient (Wildman–Crippen LogP) is 4.25. The first-order chi connectivity index (χ1) is 14.2. The Morgan fingerprint density at radius 3 is 2.31 bits per heavy atom. The minimum atomic E-state index is -0.122. The van der Waals surface area contributed by atoms with E-state index in [4.69, 9.17) is 0 Å². The van der Waals surface area contributed by atoms with Crippen LogP contribution in [0.1, 0.15) is 38.3 Å². The summed E-state index contributed by atoms with van der Waals surface area (Å²) in [5.74, 6) is -0.142. The first-order valence-corrected chi connectivity index (χ1v) is 10.0. The van der Waals surface area contributed by atoms with Crippen LogP contribution in [0.25, 0.3) is 0 Å². The second-order valence-corrected chi connectivity index (χ2v) is 7.26. The van der Waals surface area contributed by atoms with Gasteiger partial charge in [-0.05, 0) is 60.7 Å². The molecule has 1 N–H and O–H groups in total. The van der Waals surface area contributed by atoms with Gasteiger partial charge in [0, 0.05) is 29.9 Å². The maximum absolute atomic E-state index is 13.0. The van der Waals surface area contributed by atoms with Crippen molar-refractivity contribution in [2.75, 3.05) is 18.0 Å². The van der Waals surface area contributed by atoms with Crippen LogP contribution < -0.4 is 10.2 Å². The second kappa shape index (κ2) is 8.74. The van der Waals surface area contributed by atoms with Gasteiger partial charge in [0.05, 0.1) is 0 Å². The van der Waals surface area contributed by atoms with E-state index in [9.17, 15) is 9.59 Å². The van der Waals surface area contributed by atoms with Gasteiger partial charge in [-0.15, -0.1) is 0 Å². The number of para-hydroxylation sites is 1. The van der Waals surface area contributed by atoms with Crippen LogP contribution in [-0.4, -0.2) is 24.9 Å². The first kappa shape index (κ1) is 18.9. The highest BCUT2D eigenvalue weighted by Gasteiger charge is 2.23. The zero-order chi connectivity index (χ0) is 20.1. The van der Waals surface area contributed by atoms with Crippen LogP contribution in [0, 0.1) is 0 Å². The Kier molecular flexibility index (Phi) is 5.71. The van der Waals surface area contributed by atoms with E-state index in [2.05, 4.69) is 11.4 Å². The molecule has 1 aliphatic heterocycles. The smallest absolute Gasteiger partial charge is 0.258 e. The molecule has 0 fully saturated rings. The molecule has 0 aromatic heterocycles. The molecule has 1 aliphatic rings. The van der Waals surface area contributed by atoms with Crippen molar-refractivity contribution < 1.29 is 9.59 Å². The third kappa shape index (κ3) is 4.37. The number of rotatable bonds is 5. The van der Waals surface area contributed by atoms with E-state index in [0.29, 0.717) is 17.7 Å². The van der Waals surface area contributed by atoms with E-state index < -0.39 is 0 Å². The van der Waals surface area contributed by atoms with Crippen molar-refractivity contribution in [2.24, 2.45) is 0 Å². The maximum atomic E-state index is 13.0. The zero-order valence-electron chi connectivity index (χ0n) is 16.3. The van der Waals surface area contributed by atoms with E-state index in [1.807, 2.05) is 53.4 Å². The van der Waals surface area contributed by atoms with Crippen LogP contribution in [0.3, 0.4) is 0 Å². The molecule has 0 saturated carbocycles. The monoisotopic (exact) mass is 384 g/mol. The molecule has 0 bridgehead atoms. The average Bonchev–Trinajstić information content (AvgIpc) is 2.79. The minimum absolute atomic E-state index is 0.0202. The topological polar surface area (TPSA) is 49.4 Å². The van der Waals surface area contributed by atoms with Gasteiger partial charge in [-0.3, -0.25) is 9.59 Å². The van der Waals surface area contributed by atoms with Gasteiger partial charge >= 0.3 is 0 Å². The van der Waals surface area contributed by atoms with Gasteiger partial charge in [0.2, 0.25) is 0 Å². The summed E-state index contributed by atoms with van der Waals surface area (Å²) in [7, 11) is 0. The number of aryl methyl sites for hydroxylation is 1. The van der Waals surface area contributed by atoms with Crippen LogP contribution in [0.2, 0.25) is 0 Å². The summed E-state index contributed by atoms with van der Waals surface area (Å²) in [5.41, 5.74) is 4.56. The van der Waals surface area contributed by atoms with Crippen molar-refractivity contribution in [3.63, 3.8) is 0 Å². The van der Waals surface area contributed by atoms with Gasteiger partial charge in [0.15, 0.2) is 0 Å². The first-order valence-electron chi connectivity index (χ1n) is 10.0. The number of hydrogen-bond acceptors (Lipinski definition) is 2. The quantitative estimate of drug-likeness (QED) is 0.715. The summed E-state index contributed by atoms with van der Waals surface area (Å²) in [4.78, 5) is 27.2. The van der Waals surface area contributed by atoms with Crippen molar-refractivity contribution >= 4 is 17.5 Å². The minimum Gasteiger partial charge on any atom is -0.352 e. The van der Waals surface area contributed by atoms with Crippen LogP contribution in [0.5, 0.6) is 0 Å². The molecule has 0 atom stereocenters. The van der Waals surface area contributed by atoms with Crippen LogP contribution in [0.4, 0.5) is 5.69 Å². The van der Waals surface area contributed by atoms with E-state index in [1.54, 1.807) is 24.3 Å². The van der Waals surface area contributed by atoms with Gasteiger partial charge in [-0.2, -0.15) is 0 Å². The summed E-state index contributed by atoms with van der Waals surface area (Å²) >= 11 is 0. The Morgan fingerprint density at radius 1 is 0.828 bits per heavy atom. The molecule has 3 aromatic rings. The predicted molar refractivity (Wildman–Crippen MR) is 115 cm³/mol. The summed E-state index contributed by atoms with van der Waals surface area (Å²) in [6.45, 7) is 1.30. The molecule has 0 spiro atoms. The molecule has 0 saturated heterocycles. The van der Waals surface area contributed by atoms with Crippen molar-refractivity contribution in [3.05, 3.63) is 101 Å². The number of fused-ring (bicyclic) bond motifs is 1. The lowest BCUT2D eigenvalue weighted by atomic mass is 10.0. The molecule has 1 heterocycles. The fraction of sp³-hybridized carbons (Fsp3) is 0.200. The fourth-order valence-electron chi connectivity index (χ4n) is 3.73. The molecule has 29 heavy (non-hydrogen) atoms. The van der Waals surface area contributed by atoms with E-state index in [-0.39, 0.29) is 11.8 Å². The summed E-state index contributed by atoms with van der Waals surface area (Å²) in [6.07, 6.45) is 2.75. The fourth-order valence-corrected chi connectivity index (χ4v) is 3.73. The third-order valence-electron chi connectivity index (χ3n) is 5.29. The number of carbonyl (C=O) groups excluding carboxylic acids is 2. The number of hydrogen-bond donors (Lipinski definition) is 1. The number of anilines is 1. The van der Waals surface area contributed by atoms with Gasteiger partial charge in [-0.1, -0.05) is 48.5 Å². The van der Waals surface area contributed by atoms with E-state index in [0.717, 1.165) is 31.5 Å². The molecular formula is C25H24N2O2. The third-order valence-corrected chi connectivity index (χ3v) is 5.29. The van der Waals surface area contributed by atoms with Crippen molar-refractivity contribution in [1.82, 2.24) is 5.32 Å². The molecule has 2 amide bonds. The molecule has 0 unspecified atom stereocenters. The second-order valence-electron chi connectivity index (χ2n) is 7.26. The zero-order valence-corrected chi connectivity index (χ0v) is 16.3. The molecule has 146 valence electrons. The lowest BCUT2D eigenvalue weighted by Crippen LogP contribution is -2.35. The standard InChI is InChI=1S/C25H24N2O2/c28-24(26-17-16-19-7-2-1-3-8-19)21-12-14-22(15-13-21)25(29)27-18-6-10-20-9-4-5-11-23(20)27/h1-5,7-9,11-15H,6,10,16-18H2,(H,26,28). The summed E-state index contributed by atoms with van der Waals surface area (Å²) in [6, 6.07) is 25.0. The van der Waals surface area contributed by atoms with Crippen LogP contribution in [-0.2, 0) is 12.8 Å². The molecule has 3 aromatic carbocycles. The molecule has 4 nitrogen and oxygen atoms in total. The Balaban J connectivity index is 1.39. The van der Waals surface area contributed by atoms with Gasteiger partial charge in [0.1, 0.15) is 0 Å². The summed E-state index contributed by atoms with van der Waals surface area (Å²) < 4.78 is 0. The average molecular weight is 384 g/mol. The molecule has 0 aliphatic carbocycles. The molecule has 4 heteroatoms. The Bertz CT molecular complexity index is 997. The SMILES string of the molecule is O=C(NCCc1ccccc1)c1ccc(C(=O)N2CCCc3ccccc32)cc1. The number of amides is 2. The van der Waals surface area contributed by atoms with Gasteiger partial charge in [-0.25, -0.2) is 0 Å². The highest BCUT2D eigenvalue weighted by atomic mass is 16.2. The van der Waals surface area contributed by atoms with Gasteiger partial charge < -0.3 is 10.2 Å². The van der Waals surface area contributed by atoms with Crippen LogP contribution in [0.15, 0.2) is 78.9 Å². The normalized spacial score (nSPS) is 12.9. The number of nitrogens with one attached hydrogen (secondary N) is 1. The maximum Gasteiger partial charge on any atom is 0.258 e. The Labute approximate surface area is 171 Å². The number of carbonyl (C=O) groups is 2. The molecular weight excluding hydrogens is 360 g/mol. The summed E-state index contributed by atoms with van der Waals surface area (Å²) in [5, 5.41) is 2.94. The number of nitrogens with zero attached hydrogens (tertiary/aromatic N) is 1. The Morgan fingerprint density at radius 2 is 1.52 bits per heavy atom. The lowest BCUT2D eigenvalue weighted by Gasteiger charge is -2.29. The van der Waals surface area contributed by atoms with E-state index in [1.165, 1.54) is 11.1 Å². The van der Waals surface area contributed by atoms with E-state index >= 15 is 0 Å². The Hall–Kier alpha value is -3.40. The highest BCUT2D eigenvalue weighted by Crippen LogP contribution is 2.28. The number of benzene rings is 3. The highest BCUT2D eigenvalue weighted by molar-refractivity contribution is 6.07. The van der Waals surface area contributed by atoms with Crippen molar-refractivity contribution in [1.29, 1.82) is 0 Å². The molecule has 4 rings (SSSR count).